The molecule has 0 spiro atoms. The van der Waals surface area contributed by atoms with Crippen LogP contribution < -0.4 is 10.1 Å². The molecular formula is C45H29F3N4O9Zn. The van der Waals surface area contributed by atoms with Gasteiger partial charge in [0.05, 0.1) is 60.8 Å². The standard InChI is InChI=1S/C43H29N4O7.C2HF3O2.Zn/c1-51-41(48)27-10-4-24(5-11-27)38-30-16-18-32(44-30)39(25-6-12-28(13-7-25)42(49)52-2)34-20-22-36(46-34)54-37-23-21-35(47-37)40(33-19-17-31(38)45-33)26-8-14-29(15-9-26)43(50)53-3;3-2(4,5)1(6)7;/h4-23H,1-3H3;(H,6,7);/q-1;;+2/p-1. The molecule has 0 radical (unpaired) electrons. The number of hydrogen-bond donors (Lipinski definition) is 0. The largest absolute Gasteiger partial charge is 2.00 e. The zero-order valence-corrected chi connectivity index (χ0v) is 35.8. The van der Waals surface area contributed by atoms with Crippen LogP contribution in [0.1, 0.15) is 65.6 Å². The number of rotatable bonds is 6. The Hall–Kier alpha value is -7.52. The van der Waals surface area contributed by atoms with E-state index in [1.807, 2.05) is 72.8 Å². The molecule has 0 fully saturated rings. The molecule has 0 saturated carbocycles. The van der Waals surface area contributed by atoms with Crippen LogP contribution >= 0.6 is 0 Å². The first-order valence-corrected chi connectivity index (χ1v) is 18.0. The molecule has 62 heavy (non-hydrogen) atoms. The third-order valence-electron chi connectivity index (χ3n) is 9.27. The van der Waals surface area contributed by atoms with Crippen LogP contribution in [-0.2, 0) is 38.5 Å². The molecule has 5 aromatic rings. The molecule has 3 aliphatic rings. The summed E-state index contributed by atoms with van der Waals surface area (Å²) in [5.41, 5.74) is 9.31. The summed E-state index contributed by atoms with van der Waals surface area (Å²) in [4.78, 5) is 65.6. The van der Waals surface area contributed by atoms with Gasteiger partial charge >= 0.3 is 43.6 Å². The van der Waals surface area contributed by atoms with E-state index in [-0.39, 0.29) is 19.5 Å². The molecule has 8 bridgehead atoms. The van der Waals surface area contributed by atoms with E-state index in [4.69, 9.17) is 48.5 Å². The van der Waals surface area contributed by atoms with E-state index >= 15 is 0 Å². The number of halogens is 3. The zero-order chi connectivity index (χ0) is 43.4. The fourth-order valence-corrected chi connectivity index (χ4v) is 6.42. The Morgan fingerprint density at radius 1 is 0.516 bits per heavy atom. The Morgan fingerprint density at radius 3 is 1.18 bits per heavy atom. The number of aliphatic carboxylic acids is 1. The van der Waals surface area contributed by atoms with E-state index < -0.39 is 30.1 Å². The van der Waals surface area contributed by atoms with Gasteiger partial charge in [-0.05, 0) is 88.5 Å². The maximum atomic E-state index is 12.3. The van der Waals surface area contributed by atoms with Crippen molar-refractivity contribution in [2.45, 2.75) is 6.18 Å². The van der Waals surface area contributed by atoms with Crippen molar-refractivity contribution < 1.29 is 75.6 Å². The van der Waals surface area contributed by atoms with Gasteiger partial charge in [0, 0.05) is 17.7 Å². The Balaban J connectivity index is 0.000000740. The summed E-state index contributed by atoms with van der Waals surface area (Å²) in [7, 11) is 4.02. The van der Waals surface area contributed by atoms with Gasteiger partial charge in [0.2, 0.25) is 11.8 Å². The molecule has 8 rings (SSSR count). The van der Waals surface area contributed by atoms with Gasteiger partial charge in [-0.3, -0.25) is 0 Å². The first kappa shape index (κ1) is 44.0. The summed E-state index contributed by atoms with van der Waals surface area (Å²) in [6, 6.07) is 25.0. The molecule has 0 N–H and O–H groups in total. The van der Waals surface area contributed by atoms with Crippen LogP contribution in [-0.4, -0.2) is 66.3 Å². The molecule has 0 aliphatic carbocycles. The number of nitrogens with zero attached hydrogens (tertiary/aromatic N) is 4. The first-order valence-electron chi connectivity index (χ1n) is 18.0. The minimum absolute atomic E-state index is 0. The van der Waals surface area contributed by atoms with Gasteiger partial charge in [-0.1, -0.05) is 48.5 Å². The quantitative estimate of drug-likeness (QED) is 0.0909. The number of carboxylic acids is 1. The molecule has 5 heterocycles. The summed E-state index contributed by atoms with van der Waals surface area (Å²) < 4.78 is 52.5. The van der Waals surface area contributed by atoms with Crippen molar-refractivity contribution >= 4 is 71.4 Å². The molecule has 0 atom stereocenters. The second-order valence-corrected chi connectivity index (χ2v) is 13.0. The number of hydrogen-bond acceptors (Lipinski definition) is 12. The molecule has 306 valence electrons. The average Bonchev–Trinajstić information content (AvgIpc) is 4.11. The van der Waals surface area contributed by atoms with Gasteiger partial charge in [0.15, 0.2) is 0 Å². The summed E-state index contributed by atoms with van der Waals surface area (Å²) in [5.74, 6) is -3.69. The van der Waals surface area contributed by atoms with Crippen molar-refractivity contribution in [3.63, 3.8) is 0 Å². The second kappa shape index (κ2) is 18.4. The molecular weight excluding hydrogens is 863 g/mol. The van der Waals surface area contributed by atoms with Crippen molar-refractivity contribution in [3.05, 3.63) is 136 Å². The number of carbonyl (C=O) groups excluding carboxylic acids is 4. The van der Waals surface area contributed by atoms with Crippen molar-refractivity contribution in [2.75, 3.05) is 21.3 Å². The summed E-state index contributed by atoms with van der Waals surface area (Å²) in [5, 5.41) is 8.78. The smallest absolute Gasteiger partial charge is 0.657 e. The van der Waals surface area contributed by atoms with Gasteiger partial charge in [-0.2, -0.15) is 13.2 Å². The molecule has 17 heteroatoms. The van der Waals surface area contributed by atoms with E-state index in [0.29, 0.717) is 79.0 Å². The molecule has 0 amide bonds. The fraction of sp³-hybridized carbons (Fsp3) is 0.0889. The Bertz CT molecular complexity index is 2880. The SMILES string of the molecule is COC(=O)c1ccc(-c2c3nc(oc4nc(c(-c5ccc(C(=O)OC)cc5)c5ccc([n-]5)c(-c5ccc(C(=O)OC)cc5)c5nc2C=C5)C=C4)C=C3)cc1.O=C([O-])C(F)(F)F.[Zn+2]. The Kier molecular flexibility index (Phi) is 13.1. The van der Waals surface area contributed by atoms with Crippen LogP contribution in [0.5, 0.6) is 0 Å². The number of alkyl halides is 3. The summed E-state index contributed by atoms with van der Waals surface area (Å²) in [6.07, 6.45) is 5.83. The van der Waals surface area contributed by atoms with E-state index in [2.05, 4.69) is 0 Å². The van der Waals surface area contributed by atoms with Gasteiger partial charge in [0.1, 0.15) is 5.97 Å². The molecule has 0 unspecified atom stereocenters. The Morgan fingerprint density at radius 2 is 0.823 bits per heavy atom. The molecule has 0 saturated heterocycles. The molecule has 13 nitrogen and oxygen atoms in total. The number of carbonyl (C=O) groups is 4. The predicted octanol–water partition coefficient (Wildman–Crippen LogP) is 7.49. The van der Waals surface area contributed by atoms with E-state index in [1.165, 1.54) is 21.3 Å². The number of methoxy groups -OCH3 is 3. The van der Waals surface area contributed by atoms with Crippen LogP contribution in [0.2, 0.25) is 0 Å². The van der Waals surface area contributed by atoms with Crippen molar-refractivity contribution in [3.8, 4) is 33.4 Å². The zero-order valence-electron chi connectivity index (χ0n) is 32.9. The van der Waals surface area contributed by atoms with Gasteiger partial charge in [-0.25, -0.2) is 29.3 Å². The van der Waals surface area contributed by atoms with Gasteiger partial charge in [-0.15, -0.1) is 11.0 Å². The minimum Gasteiger partial charge on any atom is -0.657 e. The van der Waals surface area contributed by atoms with Crippen LogP contribution in [0.4, 0.5) is 13.2 Å². The third-order valence-corrected chi connectivity index (χ3v) is 9.27. The Labute approximate surface area is 362 Å². The average molecular weight is 892 g/mol. The van der Waals surface area contributed by atoms with Crippen LogP contribution in [0.15, 0.2) is 89.3 Å². The predicted molar refractivity (Wildman–Crippen MR) is 215 cm³/mol. The van der Waals surface area contributed by atoms with Crippen molar-refractivity contribution in [2.24, 2.45) is 0 Å². The summed E-state index contributed by atoms with van der Waals surface area (Å²) >= 11 is 0. The monoisotopic (exact) mass is 890 g/mol. The maximum Gasteiger partial charge on any atom is 2.00 e. The van der Waals surface area contributed by atoms with Crippen LogP contribution in [0.3, 0.4) is 0 Å². The van der Waals surface area contributed by atoms with Crippen LogP contribution in [0.25, 0.3) is 80.9 Å². The van der Waals surface area contributed by atoms with E-state index in [1.54, 1.807) is 48.6 Å². The molecule has 3 aliphatic heterocycles. The van der Waals surface area contributed by atoms with Gasteiger partial charge in [0.25, 0.3) is 0 Å². The maximum absolute atomic E-state index is 12.3. The number of benzene rings is 3. The van der Waals surface area contributed by atoms with Gasteiger partial charge < -0.3 is 33.5 Å². The minimum atomic E-state index is -5.19. The normalized spacial score (nSPS) is 11.7. The number of carboxylic acid groups (broad SMARTS) is 1. The topological polar surface area (TPSA) is 185 Å². The second-order valence-electron chi connectivity index (χ2n) is 13.0. The first-order chi connectivity index (χ1) is 29.3. The van der Waals surface area contributed by atoms with Crippen LogP contribution in [0, 0.1) is 0 Å². The number of aromatic nitrogens is 4. The van der Waals surface area contributed by atoms with E-state index in [0.717, 1.165) is 16.7 Å². The van der Waals surface area contributed by atoms with E-state index in [9.17, 15) is 27.6 Å². The third kappa shape index (κ3) is 9.27. The number of fused-ring (bicyclic) bond motifs is 8. The number of ether oxygens (including phenoxy) is 3. The number of esters is 3. The molecule has 3 aromatic carbocycles. The van der Waals surface area contributed by atoms with Crippen molar-refractivity contribution in [1.82, 2.24) is 19.9 Å². The van der Waals surface area contributed by atoms with Crippen molar-refractivity contribution in [1.29, 1.82) is 0 Å². The molecule has 2 aromatic heterocycles. The fourth-order valence-electron chi connectivity index (χ4n) is 6.42. The summed E-state index contributed by atoms with van der Waals surface area (Å²) in [6.45, 7) is 0.